The van der Waals surface area contributed by atoms with Gasteiger partial charge in [-0.1, -0.05) is 0 Å². The summed E-state index contributed by atoms with van der Waals surface area (Å²) in [5.74, 6) is -2.68. The average Bonchev–Trinajstić information content (AvgIpc) is 3.14. The number of hydrogen-bond acceptors (Lipinski definition) is 5. The number of imidazole rings is 1. The number of nitrogens with one attached hydrogen (secondary N) is 1. The number of fused-ring (bicyclic) bond motifs is 1. The number of alkyl halides is 3. The third-order valence-electron chi connectivity index (χ3n) is 5.64. The molecule has 0 radical (unpaired) electrons. The van der Waals surface area contributed by atoms with Crippen LogP contribution in [0.2, 0.25) is 0 Å². The fraction of sp³-hybridized carbons (Fsp3) is 0.348. The van der Waals surface area contributed by atoms with Gasteiger partial charge in [-0.2, -0.15) is 13.2 Å². The molecule has 4 rings (SSSR count). The van der Waals surface area contributed by atoms with E-state index in [-0.39, 0.29) is 48.8 Å². The van der Waals surface area contributed by atoms with E-state index < -0.39 is 47.0 Å². The molecule has 1 atom stereocenters. The second kappa shape index (κ2) is 9.72. The number of anilines is 1. The highest BCUT2D eigenvalue weighted by molar-refractivity contribution is 5.89. The zero-order valence-corrected chi connectivity index (χ0v) is 19.2. The van der Waals surface area contributed by atoms with E-state index in [4.69, 9.17) is 9.47 Å². The normalized spacial score (nSPS) is 16.3. The van der Waals surface area contributed by atoms with Crippen LogP contribution in [0.15, 0.2) is 30.5 Å². The van der Waals surface area contributed by atoms with E-state index in [2.05, 4.69) is 10.3 Å². The number of hydrogen-bond donors (Lipinski definition) is 1. The molecule has 0 bridgehead atoms. The van der Waals surface area contributed by atoms with Crippen LogP contribution in [-0.2, 0) is 26.9 Å². The molecule has 3 heterocycles. The summed E-state index contributed by atoms with van der Waals surface area (Å²) in [4.78, 5) is 28.7. The van der Waals surface area contributed by atoms with Crippen molar-refractivity contribution in [1.29, 1.82) is 0 Å². The maximum Gasteiger partial charge on any atom is 0.416 e. The number of benzene rings is 1. The number of morpholine rings is 1. The number of methoxy groups -OCH3 is 1. The molecule has 36 heavy (non-hydrogen) atoms. The summed E-state index contributed by atoms with van der Waals surface area (Å²) in [7, 11) is 1.23. The van der Waals surface area contributed by atoms with Gasteiger partial charge in [-0.3, -0.25) is 4.79 Å². The molecule has 3 aromatic rings. The monoisotopic (exact) mass is 512 g/mol. The lowest BCUT2D eigenvalue weighted by molar-refractivity contribution is -0.137. The second-order valence-electron chi connectivity index (χ2n) is 8.16. The van der Waals surface area contributed by atoms with Gasteiger partial charge in [0, 0.05) is 31.8 Å². The third kappa shape index (κ3) is 5.10. The zero-order valence-electron chi connectivity index (χ0n) is 19.2. The number of halogens is 5. The van der Waals surface area contributed by atoms with Crippen molar-refractivity contribution in [2.75, 3.05) is 32.1 Å². The van der Waals surface area contributed by atoms with E-state index in [0.29, 0.717) is 0 Å². The van der Waals surface area contributed by atoms with Crippen LogP contribution >= 0.6 is 0 Å². The predicted octanol–water partition coefficient (Wildman–Crippen LogP) is 4.27. The molecule has 2 amide bonds. The molecule has 0 spiro atoms. The largest absolute Gasteiger partial charge is 0.453 e. The van der Waals surface area contributed by atoms with Crippen molar-refractivity contribution in [2.24, 2.45) is 0 Å². The topological polar surface area (TPSA) is 85.2 Å². The lowest BCUT2D eigenvalue weighted by Crippen LogP contribution is -2.46. The van der Waals surface area contributed by atoms with Gasteiger partial charge in [0.05, 0.1) is 48.9 Å². The van der Waals surface area contributed by atoms with E-state index >= 15 is 8.78 Å². The fourth-order valence-corrected chi connectivity index (χ4v) is 4.10. The molecule has 0 aliphatic carbocycles. The molecule has 192 valence electrons. The maximum absolute atomic E-state index is 15.1. The molecule has 1 N–H and O–H groups in total. The Kier molecular flexibility index (Phi) is 6.85. The first kappa shape index (κ1) is 25.4. The molecule has 1 aliphatic heterocycles. The third-order valence-corrected chi connectivity index (χ3v) is 5.64. The van der Waals surface area contributed by atoms with Crippen molar-refractivity contribution in [2.45, 2.75) is 25.6 Å². The van der Waals surface area contributed by atoms with Crippen molar-refractivity contribution in [3.63, 3.8) is 0 Å². The zero-order chi connectivity index (χ0) is 26.2. The Labute approximate surface area is 201 Å². The van der Waals surface area contributed by atoms with Gasteiger partial charge in [0.15, 0.2) is 0 Å². The van der Waals surface area contributed by atoms with Crippen LogP contribution in [0.1, 0.15) is 18.2 Å². The first-order chi connectivity index (χ1) is 17.0. The van der Waals surface area contributed by atoms with Crippen LogP contribution in [0.25, 0.3) is 16.9 Å². The molecule has 2 aromatic heterocycles. The first-order valence-corrected chi connectivity index (χ1v) is 10.8. The van der Waals surface area contributed by atoms with E-state index in [1.807, 2.05) is 0 Å². The summed E-state index contributed by atoms with van der Waals surface area (Å²) in [6.45, 7) is 1.69. The molecule has 0 unspecified atom stereocenters. The van der Waals surface area contributed by atoms with Crippen LogP contribution < -0.4 is 5.32 Å². The van der Waals surface area contributed by atoms with E-state index in [1.165, 1.54) is 23.3 Å². The molecular formula is C23H21F5N4O4. The minimum absolute atomic E-state index is 0.0261. The van der Waals surface area contributed by atoms with E-state index in [0.717, 1.165) is 30.5 Å². The van der Waals surface area contributed by atoms with Crippen LogP contribution in [0.4, 0.5) is 32.4 Å². The van der Waals surface area contributed by atoms with Crippen LogP contribution in [0.3, 0.4) is 0 Å². The molecule has 1 aromatic carbocycles. The number of pyridine rings is 1. The fourth-order valence-electron chi connectivity index (χ4n) is 4.10. The van der Waals surface area contributed by atoms with Gasteiger partial charge in [0.2, 0.25) is 5.91 Å². The van der Waals surface area contributed by atoms with Gasteiger partial charge in [0.1, 0.15) is 17.3 Å². The number of carbonyl (C=O) groups is 2. The highest BCUT2D eigenvalue weighted by Gasteiger charge is 2.33. The molecule has 13 heteroatoms. The van der Waals surface area contributed by atoms with Crippen molar-refractivity contribution in [3.05, 3.63) is 53.4 Å². The predicted molar refractivity (Wildman–Crippen MR) is 117 cm³/mol. The Hall–Kier alpha value is -3.74. The Bertz CT molecular complexity index is 1300. The summed E-state index contributed by atoms with van der Waals surface area (Å²) in [5.41, 5.74) is -1.91. The summed E-state index contributed by atoms with van der Waals surface area (Å²) >= 11 is 0. The summed E-state index contributed by atoms with van der Waals surface area (Å²) in [6, 6.07) is 3.39. The highest BCUT2D eigenvalue weighted by Crippen LogP contribution is 2.35. The quantitative estimate of drug-likeness (QED) is 0.528. The Balaban J connectivity index is 1.82. The molecule has 1 aliphatic rings. The van der Waals surface area contributed by atoms with Crippen molar-refractivity contribution in [3.8, 4) is 11.3 Å². The average molecular weight is 512 g/mol. The van der Waals surface area contributed by atoms with Gasteiger partial charge in [-0.05, 0) is 24.3 Å². The Morgan fingerprint density at radius 1 is 1.22 bits per heavy atom. The number of nitrogens with zero attached hydrogens (tertiary/aromatic N) is 3. The minimum atomic E-state index is -4.65. The molecule has 1 saturated heterocycles. The number of carbonyl (C=O) groups excluding carboxylic acids is 2. The van der Waals surface area contributed by atoms with Crippen LogP contribution in [0, 0.1) is 11.6 Å². The van der Waals surface area contributed by atoms with Gasteiger partial charge in [0.25, 0.3) is 0 Å². The molecule has 0 saturated carbocycles. The summed E-state index contributed by atoms with van der Waals surface area (Å²) in [5, 5.41) is 2.28. The van der Waals surface area contributed by atoms with Crippen molar-refractivity contribution in [1.82, 2.24) is 14.3 Å². The molecule has 8 nitrogen and oxygen atoms in total. The van der Waals surface area contributed by atoms with Crippen LogP contribution in [0.5, 0.6) is 0 Å². The highest BCUT2D eigenvalue weighted by atomic mass is 19.4. The van der Waals surface area contributed by atoms with Crippen molar-refractivity contribution >= 4 is 23.3 Å². The summed E-state index contributed by atoms with van der Waals surface area (Å²) < 4.78 is 81.8. The number of rotatable bonds is 4. The van der Waals surface area contributed by atoms with Crippen LogP contribution in [-0.4, -0.2) is 59.2 Å². The first-order valence-electron chi connectivity index (χ1n) is 10.8. The SMILES string of the molecule is COC(=O)N1CCO[C@@H](Cc2c(-c3c(F)cc(NC(C)=O)cc3F)nc3cc(C(F)(F)F)ccn23)C1. The van der Waals surface area contributed by atoms with E-state index in [1.54, 1.807) is 0 Å². The lowest BCUT2D eigenvalue weighted by atomic mass is 10.0. The lowest BCUT2D eigenvalue weighted by Gasteiger charge is -2.32. The second-order valence-corrected chi connectivity index (χ2v) is 8.16. The molecular weight excluding hydrogens is 491 g/mol. The van der Waals surface area contributed by atoms with Crippen molar-refractivity contribution < 1.29 is 41.0 Å². The maximum atomic E-state index is 15.1. The van der Waals surface area contributed by atoms with Gasteiger partial charge in [-0.25, -0.2) is 18.6 Å². The number of aromatic nitrogens is 2. The summed E-state index contributed by atoms with van der Waals surface area (Å²) in [6.07, 6.45) is -4.79. The Morgan fingerprint density at radius 2 is 1.92 bits per heavy atom. The number of ether oxygens (including phenoxy) is 2. The van der Waals surface area contributed by atoms with Gasteiger partial charge < -0.3 is 24.1 Å². The smallest absolute Gasteiger partial charge is 0.416 e. The number of amides is 2. The Morgan fingerprint density at radius 3 is 2.53 bits per heavy atom. The minimum Gasteiger partial charge on any atom is -0.453 e. The molecule has 1 fully saturated rings. The van der Waals surface area contributed by atoms with Gasteiger partial charge >= 0.3 is 12.3 Å². The standard InChI is InChI=1S/C23H21F5N4O4/c1-12(33)29-14-8-16(24)20(17(25)9-14)21-18(10-15-11-31(5-6-36-15)22(34)35-2)32-4-3-13(23(26,27)28)7-19(32)30-21/h3-4,7-9,15H,5-6,10-11H2,1-2H3,(H,29,33)/t15-/m0/s1. The van der Waals surface area contributed by atoms with E-state index in [9.17, 15) is 22.8 Å². The van der Waals surface area contributed by atoms with Gasteiger partial charge in [-0.15, -0.1) is 0 Å².